The largest absolute Gasteiger partial charge is 0.289 e. The van der Waals surface area contributed by atoms with Gasteiger partial charge >= 0.3 is 0 Å². The van der Waals surface area contributed by atoms with Gasteiger partial charge in [-0.15, -0.1) is 0 Å². The number of aromatic amines is 1. The van der Waals surface area contributed by atoms with Crippen LogP contribution in [-0.4, -0.2) is 26.6 Å². The highest BCUT2D eigenvalue weighted by Crippen LogP contribution is 2.30. The number of likely N-dealkylation sites (tertiary alicyclic amines) is 1. The molecule has 1 atom stereocenters. The maximum Gasteiger partial charge on any atom is 0.141 e. The van der Waals surface area contributed by atoms with Gasteiger partial charge in [-0.2, -0.15) is 10.4 Å². The maximum atomic E-state index is 13.5. The third-order valence-corrected chi connectivity index (χ3v) is 3.92. The Bertz CT molecular complexity index is 647. The first-order chi connectivity index (χ1) is 10.3. The molecule has 2 heterocycles. The van der Waals surface area contributed by atoms with Crippen molar-refractivity contribution in [3.8, 4) is 6.07 Å². The van der Waals surface area contributed by atoms with Crippen LogP contribution < -0.4 is 0 Å². The predicted molar refractivity (Wildman–Crippen MR) is 74.5 cm³/mol. The summed E-state index contributed by atoms with van der Waals surface area (Å²) in [7, 11) is 0. The molecule has 1 aromatic carbocycles. The van der Waals surface area contributed by atoms with Crippen molar-refractivity contribution in [1.29, 1.82) is 5.26 Å². The zero-order valence-corrected chi connectivity index (χ0v) is 11.6. The van der Waals surface area contributed by atoms with E-state index < -0.39 is 0 Å². The number of nitrogens with one attached hydrogen (secondary N) is 1. The number of H-pyrrole nitrogens is 1. The Morgan fingerprint density at radius 2 is 2.33 bits per heavy atom. The Labute approximate surface area is 122 Å². The molecule has 5 nitrogen and oxygen atoms in total. The van der Waals surface area contributed by atoms with Gasteiger partial charge in [0.1, 0.15) is 18.0 Å². The Balaban J connectivity index is 1.85. The molecule has 0 radical (unpaired) electrons. The SMILES string of the molecule is N#Cc1ccc(F)cc1CN1CCCC[C@@H]1c1ncn[nH]1. The molecule has 1 N–H and O–H groups in total. The van der Waals surface area contributed by atoms with Crippen LogP contribution in [0.2, 0.25) is 0 Å². The highest BCUT2D eigenvalue weighted by Gasteiger charge is 2.26. The summed E-state index contributed by atoms with van der Waals surface area (Å²) in [5, 5.41) is 16.0. The van der Waals surface area contributed by atoms with Crippen molar-refractivity contribution >= 4 is 0 Å². The first kappa shape index (κ1) is 13.7. The number of nitrogens with zero attached hydrogens (tertiary/aromatic N) is 4. The topological polar surface area (TPSA) is 68.6 Å². The van der Waals surface area contributed by atoms with Crippen molar-refractivity contribution in [3.63, 3.8) is 0 Å². The molecule has 0 aliphatic carbocycles. The Morgan fingerprint density at radius 3 is 3.10 bits per heavy atom. The summed E-state index contributed by atoms with van der Waals surface area (Å²) >= 11 is 0. The summed E-state index contributed by atoms with van der Waals surface area (Å²) in [6, 6.07) is 6.60. The van der Waals surface area contributed by atoms with Gasteiger partial charge in [-0.1, -0.05) is 6.42 Å². The Morgan fingerprint density at radius 1 is 1.43 bits per heavy atom. The van der Waals surface area contributed by atoms with Crippen LogP contribution >= 0.6 is 0 Å². The molecule has 1 aromatic heterocycles. The monoisotopic (exact) mass is 285 g/mol. The molecule has 1 aliphatic heterocycles. The van der Waals surface area contributed by atoms with E-state index >= 15 is 0 Å². The Kier molecular flexibility index (Phi) is 3.93. The molecule has 0 bridgehead atoms. The molecule has 0 amide bonds. The second kappa shape index (κ2) is 6.02. The lowest BCUT2D eigenvalue weighted by atomic mass is 9.99. The first-order valence-electron chi connectivity index (χ1n) is 7.06. The van der Waals surface area contributed by atoms with Crippen LogP contribution in [0.25, 0.3) is 0 Å². The molecule has 0 saturated carbocycles. The molecule has 0 spiro atoms. The highest BCUT2D eigenvalue weighted by molar-refractivity contribution is 5.37. The van der Waals surface area contributed by atoms with Gasteiger partial charge in [-0.3, -0.25) is 10.00 Å². The van der Waals surface area contributed by atoms with Crippen LogP contribution in [0.1, 0.15) is 42.3 Å². The number of hydrogen-bond donors (Lipinski definition) is 1. The second-order valence-corrected chi connectivity index (χ2v) is 5.27. The predicted octanol–water partition coefficient (Wildman–Crippen LogP) is 2.54. The van der Waals surface area contributed by atoms with Crippen molar-refractivity contribution in [2.75, 3.05) is 6.54 Å². The van der Waals surface area contributed by atoms with Gasteiger partial charge in [-0.05, 0) is 43.1 Å². The molecule has 1 saturated heterocycles. The summed E-state index contributed by atoms with van der Waals surface area (Å²) in [4.78, 5) is 6.48. The van der Waals surface area contributed by atoms with Crippen molar-refractivity contribution in [3.05, 3.63) is 47.3 Å². The third-order valence-electron chi connectivity index (χ3n) is 3.92. The van der Waals surface area contributed by atoms with Crippen LogP contribution in [0.15, 0.2) is 24.5 Å². The van der Waals surface area contributed by atoms with Gasteiger partial charge in [0.15, 0.2) is 0 Å². The maximum absolute atomic E-state index is 13.5. The minimum absolute atomic E-state index is 0.149. The average Bonchev–Trinajstić information content (AvgIpc) is 3.02. The summed E-state index contributed by atoms with van der Waals surface area (Å²) in [5.74, 6) is 0.529. The summed E-state index contributed by atoms with van der Waals surface area (Å²) in [5.41, 5.74) is 1.25. The first-order valence-corrected chi connectivity index (χ1v) is 7.06. The standard InChI is InChI=1S/C15H16FN5/c16-13-5-4-11(8-17)12(7-13)9-21-6-2-1-3-14(21)15-18-10-19-20-15/h4-5,7,10,14H,1-3,6,9H2,(H,18,19,20)/t14-/m1/s1. The summed E-state index contributed by atoms with van der Waals surface area (Å²) < 4.78 is 13.5. The fourth-order valence-electron chi connectivity index (χ4n) is 2.89. The molecular formula is C15H16FN5. The zero-order valence-electron chi connectivity index (χ0n) is 11.6. The molecular weight excluding hydrogens is 269 g/mol. The van der Waals surface area contributed by atoms with E-state index in [1.807, 2.05) is 0 Å². The average molecular weight is 285 g/mol. The molecule has 3 rings (SSSR count). The molecule has 2 aromatic rings. The molecule has 1 fully saturated rings. The molecule has 108 valence electrons. The van der Waals surface area contributed by atoms with E-state index in [0.29, 0.717) is 12.1 Å². The van der Waals surface area contributed by atoms with E-state index in [2.05, 4.69) is 26.2 Å². The van der Waals surface area contributed by atoms with Gasteiger partial charge in [-0.25, -0.2) is 9.37 Å². The van der Waals surface area contributed by atoms with Gasteiger partial charge in [0.25, 0.3) is 0 Å². The van der Waals surface area contributed by atoms with E-state index in [-0.39, 0.29) is 11.9 Å². The number of aromatic nitrogens is 3. The Hall–Kier alpha value is -2.26. The summed E-state index contributed by atoms with van der Waals surface area (Å²) in [6.07, 6.45) is 4.73. The second-order valence-electron chi connectivity index (χ2n) is 5.27. The minimum Gasteiger partial charge on any atom is -0.289 e. The van der Waals surface area contributed by atoms with E-state index in [0.717, 1.165) is 37.2 Å². The van der Waals surface area contributed by atoms with E-state index in [9.17, 15) is 4.39 Å². The number of benzene rings is 1. The number of hydrogen-bond acceptors (Lipinski definition) is 4. The minimum atomic E-state index is -0.308. The molecule has 6 heteroatoms. The quantitative estimate of drug-likeness (QED) is 0.941. The van der Waals surface area contributed by atoms with Gasteiger partial charge in [0, 0.05) is 6.54 Å². The van der Waals surface area contributed by atoms with Crippen molar-refractivity contribution < 1.29 is 4.39 Å². The smallest absolute Gasteiger partial charge is 0.141 e. The fourth-order valence-corrected chi connectivity index (χ4v) is 2.89. The number of halogens is 1. The van der Waals surface area contributed by atoms with Crippen molar-refractivity contribution in [1.82, 2.24) is 20.1 Å². The van der Waals surface area contributed by atoms with Crippen LogP contribution in [0.4, 0.5) is 4.39 Å². The summed E-state index contributed by atoms with van der Waals surface area (Å²) in [6.45, 7) is 1.46. The number of rotatable bonds is 3. The molecule has 1 aliphatic rings. The van der Waals surface area contributed by atoms with E-state index in [1.165, 1.54) is 24.5 Å². The van der Waals surface area contributed by atoms with Crippen LogP contribution in [0.5, 0.6) is 0 Å². The van der Waals surface area contributed by atoms with Crippen molar-refractivity contribution in [2.24, 2.45) is 0 Å². The number of piperidine rings is 1. The van der Waals surface area contributed by atoms with E-state index in [4.69, 9.17) is 5.26 Å². The lowest BCUT2D eigenvalue weighted by Gasteiger charge is -2.34. The van der Waals surface area contributed by atoms with Crippen molar-refractivity contribution in [2.45, 2.75) is 31.8 Å². The van der Waals surface area contributed by atoms with Crippen LogP contribution in [-0.2, 0) is 6.54 Å². The normalized spacial score (nSPS) is 19.3. The van der Waals surface area contributed by atoms with Gasteiger partial charge in [0.2, 0.25) is 0 Å². The molecule has 0 unspecified atom stereocenters. The highest BCUT2D eigenvalue weighted by atomic mass is 19.1. The third kappa shape index (κ3) is 2.93. The lowest BCUT2D eigenvalue weighted by Crippen LogP contribution is -2.33. The van der Waals surface area contributed by atoms with Gasteiger partial charge < -0.3 is 0 Å². The van der Waals surface area contributed by atoms with Gasteiger partial charge in [0.05, 0.1) is 17.7 Å². The van der Waals surface area contributed by atoms with Crippen LogP contribution in [0.3, 0.4) is 0 Å². The lowest BCUT2D eigenvalue weighted by molar-refractivity contribution is 0.134. The van der Waals surface area contributed by atoms with E-state index in [1.54, 1.807) is 0 Å². The fraction of sp³-hybridized carbons (Fsp3) is 0.400. The molecule has 21 heavy (non-hydrogen) atoms. The number of nitriles is 1. The zero-order chi connectivity index (χ0) is 14.7. The van der Waals surface area contributed by atoms with Crippen LogP contribution in [0, 0.1) is 17.1 Å².